The highest BCUT2D eigenvalue weighted by Gasteiger charge is 2.15. The molecule has 0 fully saturated rings. The normalized spacial score (nSPS) is 10.8. The standard InChI is InChI=1S/C23H16ClN3OS/c1-15-4-2-3-5-21(15)27-22(28)19-11-10-18(24)12-20(19)26-23(27)29-14-17-8-6-16(13-25)7-9-17/h2-12H,14H2,1H3. The van der Waals surface area contributed by atoms with Gasteiger partial charge in [-0.05, 0) is 54.4 Å². The summed E-state index contributed by atoms with van der Waals surface area (Å²) in [5.41, 5.74) is 3.92. The summed E-state index contributed by atoms with van der Waals surface area (Å²) in [5.74, 6) is 0.621. The van der Waals surface area contributed by atoms with Gasteiger partial charge in [0.25, 0.3) is 5.56 Å². The second-order valence-corrected chi connectivity index (χ2v) is 7.96. The van der Waals surface area contributed by atoms with Gasteiger partial charge in [0, 0.05) is 10.8 Å². The van der Waals surface area contributed by atoms with Crippen molar-refractivity contribution in [2.24, 2.45) is 0 Å². The molecule has 0 bridgehead atoms. The molecule has 0 aliphatic heterocycles. The topological polar surface area (TPSA) is 58.7 Å². The number of nitrogens with zero attached hydrogens (tertiary/aromatic N) is 3. The van der Waals surface area contributed by atoms with Crippen molar-refractivity contribution in [2.75, 3.05) is 0 Å². The van der Waals surface area contributed by atoms with E-state index in [0.717, 1.165) is 16.8 Å². The first-order valence-electron chi connectivity index (χ1n) is 8.97. The van der Waals surface area contributed by atoms with Gasteiger partial charge in [-0.25, -0.2) is 4.98 Å². The largest absolute Gasteiger partial charge is 0.268 e. The van der Waals surface area contributed by atoms with E-state index in [1.807, 2.05) is 43.3 Å². The third kappa shape index (κ3) is 3.91. The number of hydrogen-bond donors (Lipinski definition) is 0. The predicted octanol–water partition coefficient (Wildman–Crippen LogP) is 5.51. The zero-order chi connectivity index (χ0) is 20.4. The summed E-state index contributed by atoms with van der Waals surface area (Å²) < 4.78 is 1.67. The molecule has 4 rings (SSSR count). The van der Waals surface area contributed by atoms with Crippen LogP contribution >= 0.6 is 23.4 Å². The summed E-state index contributed by atoms with van der Waals surface area (Å²) in [6.07, 6.45) is 0. The molecule has 1 heterocycles. The molecular formula is C23H16ClN3OS. The lowest BCUT2D eigenvalue weighted by atomic mass is 10.2. The summed E-state index contributed by atoms with van der Waals surface area (Å²) in [7, 11) is 0. The number of rotatable bonds is 4. The SMILES string of the molecule is Cc1ccccc1-n1c(SCc2ccc(C#N)cc2)nc2cc(Cl)ccc2c1=O. The van der Waals surface area contributed by atoms with E-state index in [0.29, 0.717) is 32.4 Å². The highest BCUT2D eigenvalue weighted by Crippen LogP contribution is 2.26. The average molecular weight is 418 g/mol. The van der Waals surface area contributed by atoms with Gasteiger partial charge in [-0.3, -0.25) is 9.36 Å². The van der Waals surface area contributed by atoms with Crippen molar-refractivity contribution in [2.45, 2.75) is 17.8 Å². The molecular weight excluding hydrogens is 402 g/mol. The number of nitriles is 1. The van der Waals surface area contributed by atoms with Gasteiger partial charge in [-0.2, -0.15) is 5.26 Å². The Kier molecular flexibility index (Phi) is 5.39. The van der Waals surface area contributed by atoms with Gasteiger partial charge < -0.3 is 0 Å². The lowest BCUT2D eigenvalue weighted by molar-refractivity contribution is 0.814. The van der Waals surface area contributed by atoms with Crippen LogP contribution in [0.25, 0.3) is 16.6 Å². The summed E-state index contributed by atoms with van der Waals surface area (Å²) in [4.78, 5) is 18.1. The van der Waals surface area contributed by atoms with Crippen molar-refractivity contribution >= 4 is 34.3 Å². The van der Waals surface area contributed by atoms with Gasteiger partial charge in [-0.1, -0.05) is 53.7 Å². The van der Waals surface area contributed by atoms with E-state index in [1.165, 1.54) is 11.8 Å². The minimum Gasteiger partial charge on any atom is -0.268 e. The second-order valence-electron chi connectivity index (χ2n) is 6.58. The first kappa shape index (κ1) is 19.3. The Morgan fingerprint density at radius 2 is 1.86 bits per heavy atom. The van der Waals surface area contributed by atoms with Crippen molar-refractivity contribution in [1.82, 2.24) is 9.55 Å². The van der Waals surface area contributed by atoms with Crippen molar-refractivity contribution in [3.63, 3.8) is 0 Å². The molecule has 0 saturated heterocycles. The van der Waals surface area contributed by atoms with Gasteiger partial charge in [-0.15, -0.1) is 0 Å². The molecule has 142 valence electrons. The number of hydrogen-bond acceptors (Lipinski definition) is 4. The van der Waals surface area contributed by atoms with E-state index < -0.39 is 0 Å². The highest BCUT2D eigenvalue weighted by atomic mass is 35.5. The molecule has 0 radical (unpaired) electrons. The fraction of sp³-hybridized carbons (Fsp3) is 0.0870. The maximum atomic E-state index is 13.3. The maximum absolute atomic E-state index is 13.3. The minimum atomic E-state index is -0.122. The summed E-state index contributed by atoms with van der Waals surface area (Å²) >= 11 is 7.60. The fourth-order valence-corrected chi connectivity index (χ4v) is 4.21. The smallest absolute Gasteiger partial charge is 0.266 e. The van der Waals surface area contributed by atoms with E-state index in [4.69, 9.17) is 21.8 Å². The Morgan fingerprint density at radius 3 is 2.59 bits per heavy atom. The predicted molar refractivity (Wildman–Crippen MR) is 118 cm³/mol. The lowest BCUT2D eigenvalue weighted by Crippen LogP contribution is -2.22. The Bertz CT molecular complexity index is 1310. The third-order valence-corrected chi connectivity index (χ3v) is 5.85. The zero-order valence-electron chi connectivity index (χ0n) is 15.6. The van der Waals surface area contributed by atoms with Crippen LogP contribution in [-0.2, 0) is 5.75 Å². The molecule has 0 amide bonds. The van der Waals surface area contributed by atoms with Gasteiger partial charge in [0.2, 0.25) is 0 Å². The molecule has 4 aromatic rings. The number of thioether (sulfide) groups is 1. The minimum absolute atomic E-state index is 0.122. The number of halogens is 1. The number of benzene rings is 3. The van der Waals surface area contributed by atoms with E-state index in [1.54, 1.807) is 34.9 Å². The third-order valence-electron chi connectivity index (χ3n) is 4.61. The molecule has 0 unspecified atom stereocenters. The van der Waals surface area contributed by atoms with Crippen LogP contribution < -0.4 is 5.56 Å². The van der Waals surface area contributed by atoms with Crippen LogP contribution in [-0.4, -0.2) is 9.55 Å². The molecule has 0 aliphatic carbocycles. The highest BCUT2D eigenvalue weighted by molar-refractivity contribution is 7.98. The molecule has 29 heavy (non-hydrogen) atoms. The van der Waals surface area contributed by atoms with E-state index in [-0.39, 0.29) is 5.56 Å². The van der Waals surface area contributed by atoms with Gasteiger partial charge in [0.15, 0.2) is 5.16 Å². The quantitative estimate of drug-likeness (QED) is 0.324. The fourth-order valence-electron chi connectivity index (χ4n) is 3.09. The van der Waals surface area contributed by atoms with E-state index in [9.17, 15) is 4.79 Å². The Hall–Kier alpha value is -3.07. The van der Waals surface area contributed by atoms with Crippen LogP contribution in [0.4, 0.5) is 0 Å². The second kappa shape index (κ2) is 8.12. The Labute approximate surface area is 177 Å². The summed E-state index contributed by atoms with van der Waals surface area (Å²) in [6.45, 7) is 1.98. The van der Waals surface area contributed by atoms with Crippen LogP contribution in [0.5, 0.6) is 0 Å². The summed E-state index contributed by atoms with van der Waals surface area (Å²) in [6, 6.07) is 22.4. The van der Waals surface area contributed by atoms with Gasteiger partial charge in [0.05, 0.1) is 28.2 Å². The van der Waals surface area contributed by atoms with Gasteiger partial charge in [0.1, 0.15) is 0 Å². The van der Waals surface area contributed by atoms with Crippen molar-refractivity contribution < 1.29 is 0 Å². The molecule has 0 saturated carbocycles. The van der Waals surface area contributed by atoms with Crippen molar-refractivity contribution in [3.8, 4) is 11.8 Å². The molecule has 3 aromatic carbocycles. The monoisotopic (exact) mass is 417 g/mol. The number of fused-ring (bicyclic) bond motifs is 1. The Morgan fingerprint density at radius 1 is 1.10 bits per heavy atom. The van der Waals surface area contributed by atoms with Crippen LogP contribution in [0.15, 0.2) is 76.7 Å². The van der Waals surface area contributed by atoms with Crippen LogP contribution in [0, 0.1) is 18.3 Å². The van der Waals surface area contributed by atoms with Crippen molar-refractivity contribution in [1.29, 1.82) is 5.26 Å². The molecule has 0 N–H and O–H groups in total. The van der Waals surface area contributed by atoms with Crippen LogP contribution in [0.3, 0.4) is 0 Å². The molecule has 6 heteroatoms. The number of para-hydroxylation sites is 1. The summed E-state index contributed by atoms with van der Waals surface area (Å²) in [5, 5.41) is 10.6. The Balaban J connectivity index is 1.84. The van der Waals surface area contributed by atoms with Gasteiger partial charge >= 0.3 is 0 Å². The number of aryl methyl sites for hydroxylation is 1. The number of aromatic nitrogens is 2. The molecule has 0 aliphatic rings. The molecule has 0 atom stereocenters. The molecule has 1 aromatic heterocycles. The molecule has 0 spiro atoms. The van der Waals surface area contributed by atoms with E-state index >= 15 is 0 Å². The average Bonchev–Trinajstić information content (AvgIpc) is 2.73. The van der Waals surface area contributed by atoms with E-state index in [2.05, 4.69) is 6.07 Å². The van der Waals surface area contributed by atoms with Crippen LogP contribution in [0.2, 0.25) is 5.02 Å². The first-order valence-corrected chi connectivity index (χ1v) is 10.3. The lowest BCUT2D eigenvalue weighted by Gasteiger charge is -2.15. The zero-order valence-corrected chi connectivity index (χ0v) is 17.2. The maximum Gasteiger partial charge on any atom is 0.266 e. The van der Waals surface area contributed by atoms with Crippen molar-refractivity contribution in [3.05, 3.63) is 98.8 Å². The first-order chi connectivity index (χ1) is 14.1. The van der Waals surface area contributed by atoms with Crippen LogP contribution in [0.1, 0.15) is 16.7 Å². The molecule has 4 nitrogen and oxygen atoms in total.